The number of hydrogen-bond donors (Lipinski definition) is 2. The normalized spacial score (nSPS) is 16.4. The molecule has 1 atom stereocenters. The summed E-state index contributed by atoms with van der Waals surface area (Å²) >= 11 is 5.81. The lowest BCUT2D eigenvalue weighted by Gasteiger charge is -2.38. The zero-order chi connectivity index (χ0) is 17.1. The number of amides is 2. The topological polar surface area (TPSA) is 69.6 Å². The third-order valence-electron chi connectivity index (χ3n) is 4.18. The number of carboxylic acid groups (broad SMARTS) is 1. The van der Waals surface area contributed by atoms with Crippen LogP contribution in [-0.4, -0.2) is 34.6 Å². The number of hydrogen-bond acceptors (Lipinski definition) is 2. The molecule has 1 saturated heterocycles. The van der Waals surface area contributed by atoms with Gasteiger partial charge in [0.25, 0.3) is 5.91 Å². The molecule has 0 bridgehead atoms. The predicted octanol–water partition coefficient (Wildman–Crippen LogP) is 3.89. The largest absolute Gasteiger partial charge is 0.465 e. The molecule has 3 rings (SSSR count). The van der Waals surface area contributed by atoms with E-state index in [1.165, 1.54) is 4.90 Å². The standard InChI is InChI=1S/C18H17ClN2O3/c19-14-5-3-13(4-6-14)17(22)20-15-7-1-12(2-8-15)11-16-9-10-21(16)18(23)24/h1-8,16H,9-11H2,(H,20,22)(H,23,24). The summed E-state index contributed by atoms with van der Waals surface area (Å²) < 4.78 is 0. The maximum absolute atomic E-state index is 12.1. The highest BCUT2D eigenvalue weighted by Gasteiger charge is 2.31. The molecule has 1 aliphatic rings. The molecule has 1 fully saturated rings. The van der Waals surface area contributed by atoms with Crippen LogP contribution in [0.2, 0.25) is 5.02 Å². The number of rotatable bonds is 4. The molecule has 1 aliphatic heterocycles. The van der Waals surface area contributed by atoms with Crippen molar-refractivity contribution in [3.8, 4) is 0 Å². The molecule has 24 heavy (non-hydrogen) atoms. The maximum atomic E-state index is 12.1. The van der Waals surface area contributed by atoms with Gasteiger partial charge in [-0.05, 0) is 54.8 Å². The number of halogens is 1. The quantitative estimate of drug-likeness (QED) is 0.884. The number of nitrogens with zero attached hydrogens (tertiary/aromatic N) is 1. The predicted molar refractivity (Wildman–Crippen MR) is 92.7 cm³/mol. The Kier molecular flexibility index (Phi) is 4.71. The highest BCUT2D eigenvalue weighted by atomic mass is 35.5. The molecule has 2 N–H and O–H groups in total. The van der Waals surface area contributed by atoms with E-state index in [1.54, 1.807) is 24.3 Å². The van der Waals surface area contributed by atoms with Crippen LogP contribution in [0.15, 0.2) is 48.5 Å². The Bertz CT molecular complexity index is 744. The molecule has 6 heteroatoms. The van der Waals surface area contributed by atoms with Gasteiger partial charge < -0.3 is 15.3 Å². The lowest BCUT2D eigenvalue weighted by atomic mass is 9.96. The number of likely N-dealkylation sites (tertiary alicyclic amines) is 1. The van der Waals surface area contributed by atoms with Crippen LogP contribution >= 0.6 is 11.6 Å². The van der Waals surface area contributed by atoms with E-state index in [1.807, 2.05) is 24.3 Å². The molecule has 2 aromatic rings. The van der Waals surface area contributed by atoms with Gasteiger partial charge in [0.05, 0.1) is 0 Å². The van der Waals surface area contributed by atoms with E-state index in [9.17, 15) is 9.59 Å². The van der Waals surface area contributed by atoms with Crippen molar-refractivity contribution in [2.75, 3.05) is 11.9 Å². The zero-order valence-corrected chi connectivity index (χ0v) is 13.7. The van der Waals surface area contributed by atoms with Crippen molar-refractivity contribution in [3.05, 3.63) is 64.7 Å². The van der Waals surface area contributed by atoms with Gasteiger partial charge in [0.15, 0.2) is 0 Å². The van der Waals surface area contributed by atoms with Gasteiger partial charge in [0.1, 0.15) is 0 Å². The van der Waals surface area contributed by atoms with Crippen LogP contribution in [0.1, 0.15) is 22.3 Å². The lowest BCUT2D eigenvalue weighted by molar-refractivity contribution is 0.0757. The van der Waals surface area contributed by atoms with E-state index in [0.29, 0.717) is 29.2 Å². The van der Waals surface area contributed by atoms with Gasteiger partial charge in [-0.25, -0.2) is 4.79 Å². The first-order valence-electron chi connectivity index (χ1n) is 7.68. The second-order valence-electron chi connectivity index (χ2n) is 5.78. The minimum absolute atomic E-state index is 0.0528. The molecular formula is C18H17ClN2O3. The molecule has 1 heterocycles. The number of anilines is 1. The minimum Gasteiger partial charge on any atom is -0.465 e. The third kappa shape index (κ3) is 3.68. The average molecular weight is 345 g/mol. The lowest BCUT2D eigenvalue weighted by Crippen LogP contribution is -2.51. The second kappa shape index (κ2) is 6.93. The summed E-state index contributed by atoms with van der Waals surface area (Å²) in [5.74, 6) is -0.199. The summed E-state index contributed by atoms with van der Waals surface area (Å²) in [6, 6.07) is 14.2. The van der Waals surface area contributed by atoms with Gasteiger partial charge in [-0.3, -0.25) is 4.79 Å². The molecule has 2 amide bonds. The Morgan fingerprint density at radius 3 is 2.33 bits per heavy atom. The fourth-order valence-corrected chi connectivity index (χ4v) is 2.83. The fourth-order valence-electron chi connectivity index (χ4n) is 2.71. The first-order chi connectivity index (χ1) is 11.5. The van der Waals surface area contributed by atoms with Gasteiger partial charge >= 0.3 is 6.09 Å². The van der Waals surface area contributed by atoms with Crippen LogP contribution in [0.5, 0.6) is 0 Å². The minimum atomic E-state index is -0.863. The van der Waals surface area contributed by atoms with Crippen molar-refractivity contribution in [3.63, 3.8) is 0 Å². The monoisotopic (exact) mass is 344 g/mol. The third-order valence-corrected chi connectivity index (χ3v) is 4.43. The Morgan fingerprint density at radius 2 is 1.79 bits per heavy atom. The molecule has 0 aliphatic carbocycles. The van der Waals surface area contributed by atoms with E-state index in [2.05, 4.69) is 5.32 Å². The summed E-state index contributed by atoms with van der Waals surface area (Å²) in [7, 11) is 0. The number of benzene rings is 2. The Labute approximate surface area is 144 Å². The molecule has 124 valence electrons. The van der Waals surface area contributed by atoms with E-state index >= 15 is 0 Å². The molecule has 5 nitrogen and oxygen atoms in total. The van der Waals surface area contributed by atoms with Crippen LogP contribution in [0.4, 0.5) is 10.5 Å². The van der Waals surface area contributed by atoms with Gasteiger partial charge in [-0.15, -0.1) is 0 Å². The van der Waals surface area contributed by atoms with Crippen LogP contribution in [0.25, 0.3) is 0 Å². The number of carbonyl (C=O) groups is 2. The first kappa shape index (κ1) is 16.3. The van der Waals surface area contributed by atoms with E-state index in [4.69, 9.17) is 16.7 Å². The fraction of sp³-hybridized carbons (Fsp3) is 0.222. The van der Waals surface area contributed by atoms with Crippen LogP contribution in [-0.2, 0) is 6.42 Å². The van der Waals surface area contributed by atoms with Crippen LogP contribution in [0.3, 0.4) is 0 Å². The summed E-state index contributed by atoms with van der Waals surface area (Å²) in [5.41, 5.74) is 2.29. The first-order valence-corrected chi connectivity index (χ1v) is 8.06. The summed E-state index contributed by atoms with van der Waals surface area (Å²) in [5, 5.41) is 12.4. The zero-order valence-electron chi connectivity index (χ0n) is 12.9. The van der Waals surface area contributed by atoms with Gasteiger partial charge in [-0.2, -0.15) is 0 Å². The number of carbonyl (C=O) groups excluding carboxylic acids is 1. The summed E-state index contributed by atoms with van der Waals surface area (Å²) in [4.78, 5) is 24.6. The Balaban J connectivity index is 1.59. The Hall–Kier alpha value is -2.53. The molecule has 0 saturated carbocycles. The number of nitrogens with one attached hydrogen (secondary N) is 1. The van der Waals surface area contributed by atoms with E-state index in [0.717, 1.165) is 12.0 Å². The molecule has 0 radical (unpaired) electrons. The second-order valence-corrected chi connectivity index (χ2v) is 6.22. The van der Waals surface area contributed by atoms with Gasteiger partial charge in [0.2, 0.25) is 0 Å². The molecule has 0 aromatic heterocycles. The van der Waals surface area contributed by atoms with Gasteiger partial charge in [-0.1, -0.05) is 23.7 Å². The van der Waals surface area contributed by atoms with Gasteiger partial charge in [0, 0.05) is 28.9 Å². The van der Waals surface area contributed by atoms with Crippen molar-refractivity contribution in [2.45, 2.75) is 18.9 Å². The van der Waals surface area contributed by atoms with Crippen molar-refractivity contribution in [1.29, 1.82) is 0 Å². The highest BCUT2D eigenvalue weighted by Crippen LogP contribution is 2.22. The molecule has 1 unspecified atom stereocenters. The SMILES string of the molecule is O=C(Nc1ccc(CC2CCN2C(=O)O)cc1)c1ccc(Cl)cc1. The van der Waals surface area contributed by atoms with Crippen molar-refractivity contribution >= 4 is 29.3 Å². The van der Waals surface area contributed by atoms with E-state index in [-0.39, 0.29) is 11.9 Å². The smallest absolute Gasteiger partial charge is 0.407 e. The van der Waals surface area contributed by atoms with Crippen LogP contribution < -0.4 is 5.32 Å². The Morgan fingerprint density at radius 1 is 1.12 bits per heavy atom. The molecule has 2 aromatic carbocycles. The molecular weight excluding hydrogens is 328 g/mol. The van der Waals surface area contributed by atoms with Crippen molar-refractivity contribution < 1.29 is 14.7 Å². The highest BCUT2D eigenvalue weighted by molar-refractivity contribution is 6.30. The van der Waals surface area contributed by atoms with Crippen LogP contribution in [0, 0.1) is 0 Å². The van der Waals surface area contributed by atoms with Crippen molar-refractivity contribution in [1.82, 2.24) is 4.90 Å². The molecule has 0 spiro atoms. The van der Waals surface area contributed by atoms with Crippen molar-refractivity contribution in [2.24, 2.45) is 0 Å². The average Bonchev–Trinajstić information content (AvgIpc) is 2.53. The summed E-state index contributed by atoms with van der Waals surface area (Å²) in [6.07, 6.45) is 0.720. The summed E-state index contributed by atoms with van der Waals surface area (Å²) in [6.45, 7) is 0.606. The van der Waals surface area contributed by atoms with E-state index < -0.39 is 6.09 Å². The maximum Gasteiger partial charge on any atom is 0.407 e.